The third-order valence-corrected chi connectivity index (χ3v) is 2.94. The van der Waals surface area contributed by atoms with Crippen LogP contribution in [0.3, 0.4) is 0 Å². The van der Waals surface area contributed by atoms with E-state index in [4.69, 9.17) is 14.2 Å². The second kappa shape index (κ2) is 4.21. The monoisotopic (exact) mass is 208 g/mol. The molecule has 1 saturated carbocycles. The SMILES string of the molecule is COc1ccc(C2C(OC)C2OC)cc1. The van der Waals surface area contributed by atoms with Gasteiger partial charge in [0.25, 0.3) is 0 Å². The van der Waals surface area contributed by atoms with Gasteiger partial charge in [-0.15, -0.1) is 0 Å². The maximum absolute atomic E-state index is 5.33. The molecule has 0 spiro atoms. The lowest BCUT2D eigenvalue weighted by molar-refractivity contribution is 0.0972. The Morgan fingerprint density at radius 3 is 1.80 bits per heavy atom. The normalized spacial score (nSPS) is 28.9. The van der Waals surface area contributed by atoms with Crippen molar-refractivity contribution in [3.05, 3.63) is 29.8 Å². The predicted molar refractivity (Wildman–Crippen MR) is 57.3 cm³/mol. The van der Waals surface area contributed by atoms with E-state index in [9.17, 15) is 0 Å². The van der Waals surface area contributed by atoms with Crippen molar-refractivity contribution in [2.45, 2.75) is 18.1 Å². The summed E-state index contributed by atoms with van der Waals surface area (Å²) in [7, 11) is 5.11. The minimum Gasteiger partial charge on any atom is -0.497 e. The van der Waals surface area contributed by atoms with Crippen molar-refractivity contribution in [1.82, 2.24) is 0 Å². The molecule has 0 amide bonds. The van der Waals surface area contributed by atoms with E-state index >= 15 is 0 Å². The Hall–Kier alpha value is -1.06. The summed E-state index contributed by atoms with van der Waals surface area (Å²) in [4.78, 5) is 0. The number of ether oxygens (including phenoxy) is 3. The Labute approximate surface area is 90.0 Å². The molecule has 82 valence electrons. The topological polar surface area (TPSA) is 27.7 Å². The molecule has 0 aromatic heterocycles. The van der Waals surface area contributed by atoms with E-state index < -0.39 is 0 Å². The Kier molecular flexibility index (Phi) is 2.93. The van der Waals surface area contributed by atoms with E-state index in [-0.39, 0.29) is 12.2 Å². The van der Waals surface area contributed by atoms with Gasteiger partial charge in [-0.05, 0) is 17.7 Å². The lowest BCUT2D eigenvalue weighted by Gasteiger charge is -2.02. The quantitative estimate of drug-likeness (QED) is 0.755. The average molecular weight is 208 g/mol. The second-order valence-electron chi connectivity index (χ2n) is 3.70. The first-order valence-corrected chi connectivity index (χ1v) is 5.01. The van der Waals surface area contributed by atoms with Crippen LogP contribution in [0.4, 0.5) is 0 Å². The zero-order chi connectivity index (χ0) is 10.8. The standard InChI is InChI=1S/C12H16O3/c1-13-9-6-4-8(5-7-9)10-11(14-2)12(10)15-3/h4-7,10-12H,1-3H3. The third kappa shape index (κ3) is 1.85. The Morgan fingerprint density at radius 2 is 1.40 bits per heavy atom. The van der Waals surface area contributed by atoms with Crippen molar-refractivity contribution in [1.29, 1.82) is 0 Å². The van der Waals surface area contributed by atoms with Crippen molar-refractivity contribution in [2.75, 3.05) is 21.3 Å². The second-order valence-corrected chi connectivity index (χ2v) is 3.70. The van der Waals surface area contributed by atoms with Crippen molar-refractivity contribution in [3.63, 3.8) is 0 Å². The highest BCUT2D eigenvalue weighted by atomic mass is 16.5. The first-order valence-electron chi connectivity index (χ1n) is 5.01. The summed E-state index contributed by atoms with van der Waals surface area (Å²) in [5, 5.41) is 0. The van der Waals surface area contributed by atoms with E-state index in [1.807, 2.05) is 12.1 Å². The van der Waals surface area contributed by atoms with Crippen LogP contribution in [-0.4, -0.2) is 33.5 Å². The van der Waals surface area contributed by atoms with Gasteiger partial charge in [0, 0.05) is 20.1 Å². The summed E-state index contributed by atoms with van der Waals surface area (Å²) in [5.41, 5.74) is 1.24. The molecule has 1 aromatic carbocycles. The number of hydrogen-bond donors (Lipinski definition) is 0. The highest BCUT2D eigenvalue weighted by Gasteiger charge is 2.52. The molecule has 0 heterocycles. The minimum absolute atomic E-state index is 0.198. The Bertz CT molecular complexity index is 310. The number of benzene rings is 1. The molecule has 2 atom stereocenters. The maximum Gasteiger partial charge on any atom is 0.118 e. The molecule has 2 rings (SSSR count). The smallest absolute Gasteiger partial charge is 0.118 e. The summed E-state index contributed by atoms with van der Waals surface area (Å²) < 4.78 is 15.8. The van der Waals surface area contributed by atoms with Crippen LogP contribution < -0.4 is 4.74 Å². The number of hydrogen-bond acceptors (Lipinski definition) is 3. The van der Waals surface area contributed by atoms with Gasteiger partial charge in [0.2, 0.25) is 0 Å². The van der Waals surface area contributed by atoms with E-state index in [0.29, 0.717) is 5.92 Å². The first-order chi connectivity index (χ1) is 7.31. The van der Waals surface area contributed by atoms with Crippen LogP contribution in [-0.2, 0) is 9.47 Å². The van der Waals surface area contributed by atoms with Gasteiger partial charge >= 0.3 is 0 Å². The van der Waals surface area contributed by atoms with Crippen LogP contribution in [0.1, 0.15) is 11.5 Å². The molecule has 0 N–H and O–H groups in total. The molecule has 1 fully saturated rings. The van der Waals surface area contributed by atoms with Crippen molar-refractivity contribution in [2.24, 2.45) is 0 Å². The fourth-order valence-electron chi connectivity index (χ4n) is 2.02. The summed E-state index contributed by atoms with van der Waals surface area (Å²) in [6.45, 7) is 0. The van der Waals surface area contributed by atoms with Gasteiger partial charge in [0.05, 0.1) is 19.3 Å². The Balaban J connectivity index is 2.10. The van der Waals surface area contributed by atoms with Crippen molar-refractivity contribution < 1.29 is 14.2 Å². The average Bonchev–Trinajstić information content (AvgIpc) is 3.02. The molecule has 0 aliphatic heterocycles. The molecule has 0 radical (unpaired) electrons. The molecular weight excluding hydrogens is 192 g/mol. The molecule has 3 heteroatoms. The van der Waals surface area contributed by atoms with Crippen molar-refractivity contribution in [3.8, 4) is 5.75 Å². The number of methoxy groups -OCH3 is 3. The van der Waals surface area contributed by atoms with Gasteiger partial charge in [0.15, 0.2) is 0 Å². The lowest BCUT2D eigenvalue weighted by atomic mass is 10.1. The van der Waals surface area contributed by atoms with Crippen molar-refractivity contribution >= 4 is 0 Å². The zero-order valence-electron chi connectivity index (χ0n) is 9.27. The highest BCUT2D eigenvalue weighted by Crippen LogP contribution is 2.45. The fourth-order valence-corrected chi connectivity index (χ4v) is 2.02. The molecule has 3 nitrogen and oxygen atoms in total. The van der Waals surface area contributed by atoms with Gasteiger partial charge in [-0.2, -0.15) is 0 Å². The van der Waals surface area contributed by atoms with Crippen LogP contribution in [0.5, 0.6) is 5.75 Å². The maximum atomic E-state index is 5.33. The van der Waals surface area contributed by atoms with Crippen LogP contribution in [0.25, 0.3) is 0 Å². The summed E-state index contributed by atoms with van der Waals surface area (Å²) in [5.74, 6) is 1.24. The lowest BCUT2D eigenvalue weighted by Crippen LogP contribution is -1.96. The molecule has 1 aromatic rings. The van der Waals surface area contributed by atoms with E-state index in [0.717, 1.165) is 5.75 Å². The first kappa shape index (κ1) is 10.5. The summed E-state index contributed by atoms with van der Waals surface area (Å²) in [6.07, 6.45) is 0.395. The largest absolute Gasteiger partial charge is 0.497 e. The van der Waals surface area contributed by atoms with E-state index in [1.165, 1.54) is 5.56 Å². The minimum atomic E-state index is 0.198. The molecule has 0 saturated heterocycles. The molecule has 0 bridgehead atoms. The fraction of sp³-hybridized carbons (Fsp3) is 0.500. The van der Waals surface area contributed by atoms with Gasteiger partial charge in [0.1, 0.15) is 5.75 Å². The van der Waals surface area contributed by atoms with Crippen LogP contribution >= 0.6 is 0 Å². The van der Waals surface area contributed by atoms with Gasteiger partial charge < -0.3 is 14.2 Å². The highest BCUT2D eigenvalue weighted by molar-refractivity contribution is 5.35. The molecule has 1 aliphatic carbocycles. The van der Waals surface area contributed by atoms with Gasteiger partial charge in [-0.1, -0.05) is 12.1 Å². The molecule has 2 unspecified atom stereocenters. The summed E-state index contributed by atoms with van der Waals surface area (Å²) in [6, 6.07) is 8.06. The molecule has 15 heavy (non-hydrogen) atoms. The Morgan fingerprint density at radius 1 is 0.867 bits per heavy atom. The van der Waals surface area contributed by atoms with Crippen LogP contribution in [0.15, 0.2) is 24.3 Å². The van der Waals surface area contributed by atoms with Gasteiger partial charge in [-0.3, -0.25) is 0 Å². The molecular formula is C12H16O3. The van der Waals surface area contributed by atoms with Crippen LogP contribution in [0.2, 0.25) is 0 Å². The van der Waals surface area contributed by atoms with E-state index in [2.05, 4.69) is 12.1 Å². The van der Waals surface area contributed by atoms with E-state index in [1.54, 1.807) is 21.3 Å². The predicted octanol–water partition coefficient (Wildman–Crippen LogP) is 1.82. The third-order valence-electron chi connectivity index (χ3n) is 2.94. The molecule has 1 aliphatic rings. The van der Waals surface area contributed by atoms with Crippen LogP contribution in [0, 0.1) is 0 Å². The summed E-state index contributed by atoms with van der Waals surface area (Å²) >= 11 is 0. The van der Waals surface area contributed by atoms with Gasteiger partial charge in [-0.25, -0.2) is 0 Å². The number of rotatable bonds is 4. The zero-order valence-corrected chi connectivity index (χ0v) is 9.27.